The van der Waals surface area contributed by atoms with Crippen molar-refractivity contribution in [3.63, 3.8) is 0 Å². The van der Waals surface area contributed by atoms with Crippen LogP contribution in [0.15, 0.2) is 18.5 Å². The number of aromatic nitrogens is 3. The largest absolute Gasteiger partial charge is 0.434 e. The van der Waals surface area contributed by atoms with Crippen molar-refractivity contribution in [2.75, 3.05) is 36.4 Å². The first-order valence-corrected chi connectivity index (χ1v) is 9.20. The second kappa shape index (κ2) is 7.67. The molecule has 1 atom stereocenters. The molecular weight excluding hydrogens is 408 g/mol. The molecule has 0 saturated carbocycles. The standard InChI is InChI=1S/C18H18F4N6O2/c1-18(21,22)14-12-13(24-8-25-16(12)27-17(29)30-14)10-6-9(15(19)20)7-11(26-10)28-4-2-23-3-5-28/h6-8,14-15,23H,2-5H2,1H3,(H,24,25,27,29)/t14-/m1/s1. The van der Waals surface area contributed by atoms with Gasteiger partial charge < -0.3 is 15.0 Å². The lowest BCUT2D eigenvalue weighted by Crippen LogP contribution is -2.44. The van der Waals surface area contributed by atoms with Gasteiger partial charge in [-0.3, -0.25) is 5.32 Å². The second-order valence-electron chi connectivity index (χ2n) is 7.03. The predicted octanol–water partition coefficient (Wildman–Crippen LogP) is 3.14. The minimum Gasteiger partial charge on any atom is -0.434 e. The Morgan fingerprint density at radius 2 is 1.97 bits per heavy atom. The summed E-state index contributed by atoms with van der Waals surface area (Å²) < 4.78 is 60.4. The molecule has 4 heterocycles. The molecular formula is C18H18F4N6O2. The highest BCUT2D eigenvalue weighted by atomic mass is 19.3. The van der Waals surface area contributed by atoms with Crippen molar-refractivity contribution in [3.8, 4) is 11.4 Å². The van der Waals surface area contributed by atoms with Crippen molar-refractivity contribution in [2.24, 2.45) is 0 Å². The molecule has 0 bridgehead atoms. The Balaban J connectivity index is 1.87. The molecule has 0 radical (unpaired) electrons. The molecule has 2 aliphatic rings. The zero-order valence-electron chi connectivity index (χ0n) is 15.8. The van der Waals surface area contributed by atoms with Gasteiger partial charge in [-0.25, -0.2) is 37.3 Å². The van der Waals surface area contributed by atoms with Crippen molar-refractivity contribution in [3.05, 3.63) is 29.6 Å². The first kappa shape index (κ1) is 20.3. The molecule has 2 aliphatic heterocycles. The molecule has 30 heavy (non-hydrogen) atoms. The van der Waals surface area contributed by atoms with E-state index < -0.39 is 24.5 Å². The molecule has 2 aromatic rings. The Labute approximate surface area is 168 Å². The number of pyridine rings is 1. The molecule has 0 aliphatic carbocycles. The van der Waals surface area contributed by atoms with Crippen LogP contribution in [0.3, 0.4) is 0 Å². The zero-order chi connectivity index (χ0) is 21.5. The maximum atomic E-state index is 14.2. The summed E-state index contributed by atoms with van der Waals surface area (Å²) in [5, 5.41) is 5.40. The van der Waals surface area contributed by atoms with Crippen LogP contribution in [0.1, 0.15) is 30.6 Å². The van der Waals surface area contributed by atoms with Gasteiger partial charge in [-0.2, -0.15) is 0 Å². The van der Waals surface area contributed by atoms with Crippen LogP contribution in [0.2, 0.25) is 0 Å². The van der Waals surface area contributed by atoms with Crippen LogP contribution in [0.25, 0.3) is 11.4 Å². The van der Waals surface area contributed by atoms with Gasteiger partial charge in [0.2, 0.25) is 0 Å². The molecule has 1 amide bonds. The molecule has 1 fully saturated rings. The zero-order valence-corrected chi connectivity index (χ0v) is 15.8. The fraction of sp³-hybridized carbons (Fsp3) is 0.444. The molecule has 0 aromatic carbocycles. The minimum atomic E-state index is -3.46. The second-order valence-corrected chi connectivity index (χ2v) is 7.03. The van der Waals surface area contributed by atoms with Crippen LogP contribution in [-0.2, 0) is 4.74 Å². The number of nitrogens with one attached hydrogen (secondary N) is 2. The summed E-state index contributed by atoms with van der Waals surface area (Å²) in [6, 6.07) is 2.37. The molecule has 1 saturated heterocycles. The number of cyclic esters (lactones) is 1. The van der Waals surface area contributed by atoms with Gasteiger partial charge in [0.25, 0.3) is 12.3 Å². The van der Waals surface area contributed by atoms with Crippen LogP contribution in [0.4, 0.5) is 34.0 Å². The van der Waals surface area contributed by atoms with Crippen LogP contribution < -0.4 is 15.5 Å². The SMILES string of the molecule is CC(F)(F)[C@@H]1OC(=O)Nc2ncnc(-c3cc(C(F)F)cc(N4CCNCC4)n3)c21. The van der Waals surface area contributed by atoms with E-state index in [0.717, 1.165) is 12.4 Å². The van der Waals surface area contributed by atoms with Gasteiger partial charge in [0.05, 0.1) is 11.3 Å². The average molecular weight is 426 g/mol. The lowest BCUT2D eigenvalue weighted by Gasteiger charge is -2.31. The summed E-state index contributed by atoms with van der Waals surface area (Å²) in [6.07, 6.45) is -4.83. The quantitative estimate of drug-likeness (QED) is 0.726. The van der Waals surface area contributed by atoms with E-state index in [0.29, 0.717) is 33.1 Å². The third-order valence-electron chi connectivity index (χ3n) is 4.82. The molecule has 4 rings (SSSR count). The van der Waals surface area contributed by atoms with Crippen LogP contribution in [-0.4, -0.2) is 53.1 Å². The van der Waals surface area contributed by atoms with Gasteiger partial charge in [-0.1, -0.05) is 0 Å². The minimum absolute atomic E-state index is 0.0334. The maximum absolute atomic E-state index is 14.2. The number of anilines is 2. The lowest BCUT2D eigenvalue weighted by molar-refractivity contribution is -0.0985. The fourth-order valence-electron chi connectivity index (χ4n) is 3.44. The van der Waals surface area contributed by atoms with E-state index in [2.05, 4.69) is 25.6 Å². The van der Waals surface area contributed by atoms with Crippen LogP contribution in [0.5, 0.6) is 0 Å². The Kier molecular flexibility index (Phi) is 5.18. The molecule has 2 N–H and O–H groups in total. The van der Waals surface area contributed by atoms with E-state index in [4.69, 9.17) is 4.74 Å². The Hall–Kier alpha value is -3.02. The van der Waals surface area contributed by atoms with Crippen molar-refractivity contribution < 1.29 is 27.1 Å². The third kappa shape index (κ3) is 3.86. The van der Waals surface area contributed by atoms with Crippen LogP contribution >= 0.6 is 0 Å². The van der Waals surface area contributed by atoms with Gasteiger partial charge in [-0.15, -0.1) is 0 Å². The number of piperazine rings is 1. The van der Waals surface area contributed by atoms with Crippen LogP contribution in [0, 0.1) is 0 Å². The normalized spacial score (nSPS) is 19.3. The summed E-state index contributed by atoms with van der Waals surface area (Å²) in [4.78, 5) is 25.8. The lowest BCUT2D eigenvalue weighted by atomic mass is 9.99. The monoisotopic (exact) mass is 426 g/mol. The number of rotatable bonds is 4. The molecule has 160 valence electrons. The number of nitrogens with zero attached hydrogens (tertiary/aromatic N) is 4. The highest BCUT2D eigenvalue weighted by Gasteiger charge is 2.45. The Morgan fingerprint density at radius 1 is 1.23 bits per heavy atom. The van der Waals surface area contributed by atoms with Crippen molar-refractivity contribution in [2.45, 2.75) is 25.4 Å². The summed E-state index contributed by atoms with van der Waals surface area (Å²) in [5.74, 6) is -3.35. The molecule has 12 heteroatoms. The van der Waals surface area contributed by atoms with E-state index in [-0.39, 0.29) is 34.2 Å². The summed E-state index contributed by atoms with van der Waals surface area (Å²) >= 11 is 0. The maximum Gasteiger partial charge on any atom is 0.413 e. The fourth-order valence-corrected chi connectivity index (χ4v) is 3.44. The summed E-state index contributed by atoms with van der Waals surface area (Å²) in [6.45, 7) is 3.00. The highest BCUT2D eigenvalue weighted by molar-refractivity contribution is 5.88. The van der Waals surface area contributed by atoms with Crippen molar-refractivity contribution in [1.29, 1.82) is 0 Å². The first-order chi connectivity index (χ1) is 14.2. The summed E-state index contributed by atoms with van der Waals surface area (Å²) in [5.41, 5.74) is -0.671. The van der Waals surface area contributed by atoms with Gasteiger partial charge >= 0.3 is 6.09 Å². The van der Waals surface area contributed by atoms with Gasteiger partial charge in [0.15, 0.2) is 6.10 Å². The number of alkyl halides is 4. The average Bonchev–Trinajstić information content (AvgIpc) is 2.72. The molecule has 8 nitrogen and oxygen atoms in total. The number of hydrogen-bond acceptors (Lipinski definition) is 7. The number of ether oxygens (including phenoxy) is 1. The third-order valence-corrected chi connectivity index (χ3v) is 4.82. The summed E-state index contributed by atoms with van der Waals surface area (Å²) in [7, 11) is 0. The number of hydrogen-bond donors (Lipinski definition) is 2. The van der Waals surface area contributed by atoms with Crippen molar-refractivity contribution >= 4 is 17.7 Å². The molecule has 0 unspecified atom stereocenters. The van der Waals surface area contributed by atoms with Crippen molar-refractivity contribution in [1.82, 2.24) is 20.3 Å². The first-order valence-electron chi connectivity index (χ1n) is 9.20. The van der Waals surface area contributed by atoms with Gasteiger partial charge in [-0.05, 0) is 12.1 Å². The smallest absolute Gasteiger partial charge is 0.413 e. The molecule has 2 aromatic heterocycles. The van der Waals surface area contributed by atoms with E-state index in [1.807, 2.05) is 4.90 Å². The van der Waals surface area contributed by atoms with E-state index in [9.17, 15) is 22.4 Å². The van der Waals surface area contributed by atoms with E-state index in [1.165, 1.54) is 6.07 Å². The van der Waals surface area contributed by atoms with E-state index in [1.54, 1.807) is 0 Å². The van der Waals surface area contributed by atoms with E-state index >= 15 is 0 Å². The topological polar surface area (TPSA) is 92.3 Å². The highest BCUT2D eigenvalue weighted by Crippen LogP contribution is 2.44. The van der Waals surface area contributed by atoms with Gasteiger partial charge in [0.1, 0.15) is 23.7 Å². The Morgan fingerprint density at radius 3 is 2.63 bits per heavy atom. The number of carbonyl (C=O) groups is 1. The number of halogens is 4. The number of amides is 1. The number of carbonyl (C=O) groups excluding carboxylic acids is 1. The molecule has 0 spiro atoms. The van der Waals surface area contributed by atoms with Gasteiger partial charge in [0, 0.05) is 38.7 Å². The Bertz CT molecular complexity index is 962. The predicted molar refractivity (Wildman–Crippen MR) is 98.8 cm³/mol. The number of fused-ring (bicyclic) bond motifs is 1.